The second-order valence-electron chi connectivity index (χ2n) is 15.4. The first-order valence-corrected chi connectivity index (χ1v) is 19.9. The van der Waals surface area contributed by atoms with E-state index < -0.39 is 58.7 Å². The molecule has 0 spiro atoms. The van der Waals surface area contributed by atoms with Crippen molar-refractivity contribution < 1.29 is 38.9 Å². The molecule has 0 radical (unpaired) electrons. The standard InChI is InChI=1S/C43H37ClN4O8S/c1-21-29-18-24(44)9-14-33(29)57-37(21)32-20-34(46(3)45-32)48-39(51)31-19-30-27(36(43(31,2)42(48)55)22-7-10-26(11-8-22)56-16-15-49)12-13-28-35(30)40(52)47(38(28)50)25-6-4-5-23(17-25)41(53)54/h4-12,14,17-18,20,28,30-31,35-36,49H,13,15-16,19H2,1-3H3,(H,53,54)/t28-,30+,31-,35-,36-,43+/m0/s1. The maximum atomic E-state index is 15.1. The zero-order valence-corrected chi connectivity index (χ0v) is 32.7. The molecule has 6 atom stereocenters. The number of nitrogens with zero attached hydrogens (tertiary/aromatic N) is 4. The molecule has 9 rings (SSSR count). The van der Waals surface area contributed by atoms with Crippen LogP contribution in [0.1, 0.15) is 47.2 Å². The molecule has 2 aliphatic heterocycles. The lowest BCUT2D eigenvalue weighted by atomic mass is 9.51. The molecule has 4 amide bonds. The van der Waals surface area contributed by atoms with Gasteiger partial charge in [0.15, 0.2) is 0 Å². The molecule has 3 aromatic carbocycles. The molecular formula is C43H37ClN4O8S. The van der Waals surface area contributed by atoms with Crippen molar-refractivity contribution in [1.29, 1.82) is 0 Å². The number of ether oxygens (including phenoxy) is 1. The summed E-state index contributed by atoms with van der Waals surface area (Å²) in [5.74, 6) is -5.63. The number of hydrogen-bond acceptors (Lipinski definition) is 9. The number of benzene rings is 3. The molecule has 57 heavy (non-hydrogen) atoms. The fourth-order valence-electron chi connectivity index (χ4n) is 9.78. The smallest absolute Gasteiger partial charge is 0.335 e. The minimum absolute atomic E-state index is 0.0536. The first kappa shape index (κ1) is 37.0. The number of thiophene rings is 1. The SMILES string of the molecule is Cc1c(-c2cc(N3C(=O)[C@@H]4C[C@@H]5C(=CC[C@@H]6C(=O)N(c7cccc(C(=O)O)c7)C(=O)[C@@H]65)[C@H](c5ccc(OCCO)cc5)[C@]4(C)C3=O)n(C)n2)sc2ccc(Cl)cc12. The van der Waals surface area contributed by atoms with Crippen molar-refractivity contribution in [2.24, 2.45) is 36.1 Å². The van der Waals surface area contributed by atoms with Gasteiger partial charge in [-0.2, -0.15) is 5.10 Å². The molecule has 2 saturated heterocycles. The molecule has 5 aromatic rings. The third-order valence-corrected chi connectivity index (χ3v) is 13.9. The van der Waals surface area contributed by atoms with Crippen LogP contribution in [-0.4, -0.2) is 62.8 Å². The number of aromatic carboxylic acids is 1. The summed E-state index contributed by atoms with van der Waals surface area (Å²) in [5, 5.41) is 25.4. The summed E-state index contributed by atoms with van der Waals surface area (Å²) in [7, 11) is 1.70. The normalized spacial score (nSPS) is 25.5. The van der Waals surface area contributed by atoms with Gasteiger partial charge in [0.1, 0.15) is 23.9 Å². The molecule has 3 fully saturated rings. The number of aliphatic hydroxyl groups is 1. The molecule has 0 bridgehead atoms. The van der Waals surface area contributed by atoms with Gasteiger partial charge in [-0.15, -0.1) is 11.3 Å². The number of aromatic nitrogens is 2. The van der Waals surface area contributed by atoms with Gasteiger partial charge in [-0.1, -0.05) is 41.4 Å². The number of carbonyl (C=O) groups excluding carboxylic acids is 4. The Morgan fingerprint density at radius 2 is 1.75 bits per heavy atom. The van der Waals surface area contributed by atoms with Gasteiger partial charge in [0.2, 0.25) is 23.6 Å². The van der Waals surface area contributed by atoms with Crippen LogP contribution in [0, 0.1) is 36.0 Å². The molecule has 2 N–H and O–H groups in total. The van der Waals surface area contributed by atoms with E-state index in [0.717, 1.165) is 36.6 Å². The molecule has 12 nitrogen and oxygen atoms in total. The summed E-state index contributed by atoms with van der Waals surface area (Å²) >= 11 is 7.87. The number of carboxylic acid groups (broad SMARTS) is 1. The van der Waals surface area contributed by atoms with Gasteiger partial charge < -0.3 is 14.9 Å². The summed E-state index contributed by atoms with van der Waals surface area (Å²) in [6.45, 7) is 3.76. The molecular weight excluding hydrogens is 768 g/mol. The van der Waals surface area contributed by atoms with Crippen LogP contribution < -0.4 is 14.5 Å². The number of anilines is 2. The number of imide groups is 2. The van der Waals surface area contributed by atoms with E-state index in [4.69, 9.17) is 21.4 Å². The zero-order chi connectivity index (χ0) is 40.1. The molecule has 4 aliphatic rings. The van der Waals surface area contributed by atoms with Crippen molar-refractivity contribution >= 4 is 74.1 Å². The number of rotatable bonds is 8. The molecule has 0 unspecified atom stereocenters. The van der Waals surface area contributed by atoms with Crippen LogP contribution >= 0.6 is 22.9 Å². The second kappa shape index (κ2) is 13.5. The molecule has 1 saturated carbocycles. The van der Waals surface area contributed by atoms with Crippen molar-refractivity contribution in [2.75, 3.05) is 23.0 Å². The Morgan fingerprint density at radius 1 is 0.982 bits per heavy atom. The van der Waals surface area contributed by atoms with Crippen LogP contribution in [0.25, 0.3) is 20.7 Å². The summed E-state index contributed by atoms with van der Waals surface area (Å²) in [6, 6.07) is 20.4. The highest BCUT2D eigenvalue weighted by Gasteiger charge is 2.68. The summed E-state index contributed by atoms with van der Waals surface area (Å²) in [5.41, 5.74) is 1.99. The number of hydrogen-bond donors (Lipinski definition) is 2. The van der Waals surface area contributed by atoms with E-state index in [1.807, 2.05) is 50.3 Å². The van der Waals surface area contributed by atoms with Gasteiger partial charge in [0.25, 0.3) is 0 Å². The lowest BCUT2D eigenvalue weighted by molar-refractivity contribution is -0.131. The van der Waals surface area contributed by atoms with Gasteiger partial charge >= 0.3 is 5.97 Å². The molecule has 14 heteroatoms. The van der Waals surface area contributed by atoms with Crippen molar-refractivity contribution in [1.82, 2.24) is 9.78 Å². The highest BCUT2D eigenvalue weighted by Crippen LogP contribution is 2.64. The van der Waals surface area contributed by atoms with Crippen LogP contribution in [0.15, 0.2) is 84.4 Å². The highest BCUT2D eigenvalue weighted by atomic mass is 35.5. The van der Waals surface area contributed by atoms with E-state index in [9.17, 15) is 29.4 Å². The fraction of sp³-hybridized carbons (Fsp3) is 0.302. The van der Waals surface area contributed by atoms with Crippen molar-refractivity contribution in [2.45, 2.75) is 32.6 Å². The summed E-state index contributed by atoms with van der Waals surface area (Å²) < 4.78 is 8.22. The van der Waals surface area contributed by atoms with Gasteiger partial charge in [-0.3, -0.25) is 28.8 Å². The number of carboxylic acids is 1. The van der Waals surface area contributed by atoms with E-state index in [-0.39, 0.29) is 43.2 Å². The van der Waals surface area contributed by atoms with Crippen molar-refractivity contribution in [3.05, 3.63) is 106 Å². The fourth-order valence-corrected chi connectivity index (χ4v) is 11.1. The molecule has 290 valence electrons. The van der Waals surface area contributed by atoms with Gasteiger partial charge in [0.05, 0.1) is 45.9 Å². The number of allylic oxidation sites excluding steroid dienone is 2. The third-order valence-electron chi connectivity index (χ3n) is 12.4. The molecule has 2 aromatic heterocycles. The number of aliphatic hydroxyl groups excluding tert-OH is 1. The maximum absolute atomic E-state index is 15.1. The quantitative estimate of drug-likeness (QED) is 0.128. The van der Waals surface area contributed by atoms with Gasteiger partial charge in [-0.05, 0) is 97.7 Å². The number of aryl methyl sites for hydroxylation is 2. The van der Waals surface area contributed by atoms with E-state index >= 15 is 4.79 Å². The minimum Gasteiger partial charge on any atom is -0.491 e. The number of amides is 4. The van der Waals surface area contributed by atoms with Crippen LogP contribution in [0.2, 0.25) is 5.02 Å². The average Bonchev–Trinajstić information content (AvgIpc) is 3.87. The zero-order valence-electron chi connectivity index (χ0n) is 31.1. The van der Waals surface area contributed by atoms with E-state index in [1.54, 1.807) is 47.3 Å². The molecule has 2 aliphatic carbocycles. The Kier molecular flexibility index (Phi) is 8.76. The first-order chi connectivity index (χ1) is 27.3. The minimum atomic E-state index is -1.28. The maximum Gasteiger partial charge on any atom is 0.335 e. The third kappa shape index (κ3) is 5.50. The second-order valence-corrected chi connectivity index (χ2v) is 16.9. The van der Waals surface area contributed by atoms with E-state index in [0.29, 0.717) is 22.3 Å². The van der Waals surface area contributed by atoms with Crippen LogP contribution in [0.5, 0.6) is 5.75 Å². The van der Waals surface area contributed by atoms with E-state index in [1.165, 1.54) is 23.1 Å². The summed E-state index contributed by atoms with van der Waals surface area (Å²) in [4.78, 5) is 73.6. The number of fused-ring (bicyclic) bond motifs is 5. The van der Waals surface area contributed by atoms with Gasteiger partial charge in [-0.25, -0.2) is 9.69 Å². The number of halogens is 1. The largest absolute Gasteiger partial charge is 0.491 e. The lowest BCUT2D eigenvalue weighted by Gasteiger charge is -2.49. The lowest BCUT2D eigenvalue weighted by Crippen LogP contribution is -2.48. The Bertz CT molecular complexity index is 2600. The Labute approximate surface area is 335 Å². The van der Waals surface area contributed by atoms with Crippen molar-refractivity contribution in [3.63, 3.8) is 0 Å². The molecule has 4 heterocycles. The topological polar surface area (TPSA) is 159 Å². The van der Waals surface area contributed by atoms with E-state index in [2.05, 4.69) is 0 Å². The summed E-state index contributed by atoms with van der Waals surface area (Å²) in [6.07, 6.45) is 2.36. The van der Waals surface area contributed by atoms with Gasteiger partial charge in [0, 0.05) is 28.8 Å². The monoisotopic (exact) mass is 804 g/mol. The Balaban J connectivity index is 1.13. The predicted octanol–water partition coefficient (Wildman–Crippen LogP) is 6.77. The Morgan fingerprint density at radius 3 is 2.49 bits per heavy atom. The van der Waals surface area contributed by atoms with Crippen LogP contribution in [0.4, 0.5) is 11.5 Å². The van der Waals surface area contributed by atoms with Crippen molar-refractivity contribution in [3.8, 4) is 16.3 Å². The predicted molar refractivity (Wildman–Crippen MR) is 213 cm³/mol. The average molecular weight is 805 g/mol. The number of carbonyl (C=O) groups is 5. The van der Waals surface area contributed by atoms with Crippen LogP contribution in [0.3, 0.4) is 0 Å². The first-order valence-electron chi connectivity index (χ1n) is 18.7. The van der Waals surface area contributed by atoms with Crippen LogP contribution in [-0.2, 0) is 26.2 Å². The highest BCUT2D eigenvalue weighted by molar-refractivity contribution is 7.22. The Hall–Kier alpha value is -5.63.